The third-order valence-corrected chi connectivity index (χ3v) is 4.94. The average Bonchev–Trinajstić information content (AvgIpc) is 2.70. The molecule has 0 amide bonds. The molecule has 2 aromatic rings. The fraction of sp³-hybridized carbons (Fsp3) is 0.458. The SMILES string of the molecule is CCOc1cc2c(cc1CC)CCN=C2Cc1ccc(OCC)c(OCC)c1. The minimum Gasteiger partial charge on any atom is -0.494 e. The van der Waals surface area contributed by atoms with Crippen molar-refractivity contribution >= 4 is 5.71 Å². The third kappa shape index (κ3) is 4.49. The second-order valence-corrected chi connectivity index (χ2v) is 6.81. The zero-order valence-corrected chi connectivity index (χ0v) is 17.5. The minimum absolute atomic E-state index is 0.616. The maximum absolute atomic E-state index is 5.89. The number of hydrogen-bond acceptors (Lipinski definition) is 4. The van der Waals surface area contributed by atoms with Crippen molar-refractivity contribution in [3.8, 4) is 17.2 Å². The Hall–Kier alpha value is -2.49. The summed E-state index contributed by atoms with van der Waals surface area (Å²) >= 11 is 0. The first kappa shape index (κ1) is 20.2. The van der Waals surface area contributed by atoms with Crippen LogP contribution >= 0.6 is 0 Å². The van der Waals surface area contributed by atoms with Crippen molar-refractivity contribution in [2.45, 2.75) is 47.0 Å². The van der Waals surface area contributed by atoms with Gasteiger partial charge >= 0.3 is 0 Å². The van der Waals surface area contributed by atoms with Crippen molar-refractivity contribution in [3.05, 3.63) is 52.6 Å². The number of fused-ring (bicyclic) bond motifs is 1. The van der Waals surface area contributed by atoms with Crippen molar-refractivity contribution in [2.24, 2.45) is 4.99 Å². The van der Waals surface area contributed by atoms with E-state index >= 15 is 0 Å². The molecule has 2 aromatic carbocycles. The average molecular weight is 382 g/mol. The van der Waals surface area contributed by atoms with Gasteiger partial charge in [0.1, 0.15) is 5.75 Å². The van der Waals surface area contributed by atoms with Crippen LogP contribution in [0.15, 0.2) is 35.3 Å². The highest BCUT2D eigenvalue weighted by atomic mass is 16.5. The fourth-order valence-corrected chi connectivity index (χ4v) is 3.66. The van der Waals surface area contributed by atoms with Gasteiger partial charge in [-0.15, -0.1) is 0 Å². The van der Waals surface area contributed by atoms with Gasteiger partial charge in [0, 0.05) is 24.2 Å². The van der Waals surface area contributed by atoms with Crippen molar-refractivity contribution in [2.75, 3.05) is 26.4 Å². The summed E-state index contributed by atoms with van der Waals surface area (Å²) < 4.78 is 17.4. The van der Waals surface area contributed by atoms with Crippen LogP contribution in [-0.4, -0.2) is 32.1 Å². The molecule has 4 heteroatoms. The lowest BCUT2D eigenvalue weighted by molar-refractivity contribution is 0.287. The third-order valence-electron chi connectivity index (χ3n) is 4.94. The summed E-state index contributed by atoms with van der Waals surface area (Å²) in [6.45, 7) is 10.9. The summed E-state index contributed by atoms with van der Waals surface area (Å²) in [7, 11) is 0. The topological polar surface area (TPSA) is 40.0 Å². The monoisotopic (exact) mass is 381 g/mol. The molecule has 0 spiro atoms. The first-order valence-electron chi connectivity index (χ1n) is 10.4. The summed E-state index contributed by atoms with van der Waals surface area (Å²) in [5.41, 5.74) is 6.18. The smallest absolute Gasteiger partial charge is 0.161 e. The van der Waals surface area contributed by atoms with Crippen LogP contribution in [-0.2, 0) is 19.3 Å². The molecule has 0 atom stereocenters. The highest BCUT2D eigenvalue weighted by Gasteiger charge is 2.18. The van der Waals surface area contributed by atoms with Gasteiger partial charge in [0.25, 0.3) is 0 Å². The van der Waals surface area contributed by atoms with Gasteiger partial charge < -0.3 is 14.2 Å². The number of aryl methyl sites for hydroxylation is 1. The zero-order valence-electron chi connectivity index (χ0n) is 17.5. The van der Waals surface area contributed by atoms with Crippen LogP contribution in [0.25, 0.3) is 0 Å². The quantitative estimate of drug-likeness (QED) is 0.611. The molecule has 0 saturated carbocycles. The molecule has 0 aliphatic carbocycles. The molecule has 4 nitrogen and oxygen atoms in total. The molecule has 1 aliphatic heterocycles. The van der Waals surface area contributed by atoms with E-state index < -0.39 is 0 Å². The highest BCUT2D eigenvalue weighted by molar-refractivity contribution is 6.04. The summed E-state index contributed by atoms with van der Waals surface area (Å²) in [6, 6.07) is 10.7. The number of hydrogen-bond donors (Lipinski definition) is 0. The Labute approximate surface area is 168 Å². The predicted octanol–water partition coefficient (Wildman–Crippen LogP) is 5.03. The van der Waals surface area contributed by atoms with Crippen molar-refractivity contribution in [1.82, 2.24) is 0 Å². The van der Waals surface area contributed by atoms with Crippen LogP contribution in [0.5, 0.6) is 17.2 Å². The zero-order chi connectivity index (χ0) is 19.9. The van der Waals surface area contributed by atoms with Gasteiger partial charge in [-0.2, -0.15) is 0 Å². The van der Waals surface area contributed by atoms with Gasteiger partial charge in [0.15, 0.2) is 11.5 Å². The number of nitrogens with zero attached hydrogens (tertiary/aromatic N) is 1. The van der Waals surface area contributed by atoms with E-state index in [0.29, 0.717) is 19.8 Å². The Balaban J connectivity index is 1.91. The molecule has 1 heterocycles. The Bertz CT molecular complexity index is 842. The van der Waals surface area contributed by atoms with Gasteiger partial charge in [0.05, 0.1) is 19.8 Å². The molecular weight excluding hydrogens is 350 g/mol. The standard InChI is InChI=1S/C24H31NO3/c1-5-18-15-19-11-12-25-21(20(19)16-23(18)27-7-3)13-17-9-10-22(26-6-2)24(14-17)28-8-4/h9-10,14-16H,5-8,11-13H2,1-4H3. The molecule has 3 rings (SSSR count). The number of ether oxygens (including phenoxy) is 3. The molecule has 0 N–H and O–H groups in total. The van der Waals surface area contributed by atoms with Crippen LogP contribution < -0.4 is 14.2 Å². The number of rotatable bonds is 9. The molecule has 0 aromatic heterocycles. The molecule has 0 unspecified atom stereocenters. The first-order valence-corrected chi connectivity index (χ1v) is 10.4. The van der Waals surface area contributed by atoms with E-state index in [0.717, 1.165) is 48.8 Å². The van der Waals surface area contributed by atoms with E-state index in [1.165, 1.54) is 22.3 Å². The second-order valence-electron chi connectivity index (χ2n) is 6.81. The van der Waals surface area contributed by atoms with Crippen LogP contribution in [0, 0.1) is 0 Å². The van der Waals surface area contributed by atoms with E-state index in [4.69, 9.17) is 19.2 Å². The van der Waals surface area contributed by atoms with E-state index in [1.807, 2.05) is 26.8 Å². The molecule has 0 radical (unpaired) electrons. The molecule has 28 heavy (non-hydrogen) atoms. The maximum atomic E-state index is 5.89. The molecule has 0 fully saturated rings. The maximum Gasteiger partial charge on any atom is 0.161 e. The highest BCUT2D eigenvalue weighted by Crippen LogP contribution is 2.31. The summed E-state index contributed by atoms with van der Waals surface area (Å²) in [5, 5.41) is 0. The first-order chi connectivity index (χ1) is 13.7. The Morgan fingerprint density at radius 2 is 1.54 bits per heavy atom. The van der Waals surface area contributed by atoms with Crippen molar-refractivity contribution in [3.63, 3.8) is 0 Å². The Morgan fingerprint density at radius 1 is 0.821 bits per heavy atom. The molecular formula is C24H31NO3. The Kier molecular flexibility index (Phi) is 6.96. The van der Waals surface area contributed by atoms with Gasteiger partial charge in [0.2, 0.25) is 0 Å². The van der Waals surface area contributed by atoms with E-state index in [9.17, 15) is 0 Å². The second kappa shape index (κ2) is 9.63. The molecule has 0 bridgehead atoms. The van der Waals surface area contributed by atoms with Crippen LogP contribution in [0.1, 0.15) is 49.9 Å². The fourth-order valence-electron chi connectivity index (χ4n) is 3.66. The summed E-state index contributed by atoms with van der Waals surface area (Å²) in [5.74, 6) is 2.58. The van der Waals surface area contributed by atoms with Gasteiger partial charge in [-0.1, -0.05) is 19.1 Å². The lowest BCUT2D eigenvalue weighted by Gasteiger charge is -2.21. The minimum atomic E-state index is 0.616. The predicted molar refractivity (Wildman–Crippen MR) is 115 cm³/mol. The van der Waals surface area contributed by atoms with Gasteiger partial charge in [-0.25, -0.2) is 0 Å². The van der Waals surface area contributed by atoms with Crippen LogP contribution in [0.4, 0.5) is 0 Å². The van der Waals surface area contributed by atoms with Crippen LogP contribution in [0.3, 0.4) is 0 Å². The summed E-state index contributed by atoms with van der Waals surface area (Å²) in [6.07, 6.45) is 2.74. The van der Waals surface area contributed by atoms with E-state index in [1.54, 1.807) is 0 Å². The molecule has 1 aliphatic rings. The van der Waals surface area contributed by atoms with E-state index in [2.05, 4.69) is 31.2 Å². The largest absolute Gasteiger partial charge is 0.494 e. The number of benzene rings is 2. The van der Waals surface area contributed by atoms with Crippen molar-refractivity contribution in [1.29, 1.82) is 0 Å². The van der Waals surface area contributed by atoms with Gasteiger partial charge in [-0.05, 0) is 68.5 Å². The lowest BCUT2D eigenvalue weighted by Crippen LogP contribution is -2.16. The Morgan fingerprint density at radius 3 is 2.25 bits per heavy atom. The van der Waals surface area contributed by atoms with Gasteiger partial charge in [-0.3, -0.25) is 4.99 Å². The number of aliphatic imine (C=N–C) groups is 1. The normalized spacial score (nSPS) is 12.9. The molecule has 150 valence electrons. The van der Waals surface area contributed by atoms with Crippen LogP contribution in [0.2, 0.25) is 0 Å². The van der Waals surface area contributed by atoms with E-state index in [-0.39, 0.29) is 0 Å². The lowest BCUT2D eigenvalue weighted by atomic mass is 9.91. The van der Waals surface area contributed by atoms with Crippen molar-refractivity contribution < 1.29 is 14.2 Å². The molecule has 0 saturated heterocycles. The summed E-state index contributed by atoms with van der Waals surface area (Å²) in [4.78, 5) is 4.85.